The lowest BCUT2D eigenvalue weighted by atomic mass is 9.99. The number of benzene rings is 2. The van der Waals surface area contributed by atoms with Gasteiger partial charge in [-0.25, -0.2) is 9.29 Å². The maximum absolute atomic E-state index is 15.8. The third kappa shape index (κ3) is 2.46. The quantitative estimate of drug-likeness (QED) is 0.604. The first-order valence-corrected chi connectivity index (χ1v) is 8.53. The van der Waals surface area contributed by atoms with Crippen LogP contribution in [-0.2, 0) is 4.79 Å². The molecule has 4 amide bonds. The summed E-state index contributed by atoms with van der Waals surface area (Å²) in [6, 6.07) is 14.0. The van der Waals surface area contributed by atoms with Gasteiger partial charge < -0.3 is 0 Å². The van der Waals surface area contributed by atoms with Gasteiger partial charge >= 0.3 is 0 Å². The van der Waals surface area contributed by atoms with Gasteiger partial charge in [-0.2, -0.15) is 0 Å². The summed E-state index contributed by atoms with van der Waals surface area (Å²) in [5.74, 6) is -6.44. The van der Waals surface area contributed by atoms with Crippen LogP contribution >= 0.6 is 0 Å². The second kappa shape index (κ2) is 6.12. The first kappa shape index (κ1) is 17.1. The Morgan fingerprint density at radius 1 is 0.889 bits per heavy atom. The highest BCUT2D eigenvalue weighted by atomic mass is 19.1. The molecule has 2 aromatic rings. The fourth-order valence-electron chi connectivity index (χ4n) is 3.54. The number of carbonyl (C=O) groups excluding carboxylic acids is 4. The maximum Gasteiger partial charge on any atom is 0.288 e. The molecule has 27 heavy (non-hydrogen) atoms. The minimum Gasteiger partial charge on any atom is -0.274 e. The van der Waals surface area contributed by atoms with Gasteiger partial charge in [-0.3, -0.25) is 24.1 Å². The Morgan fingerprint density at radius 3 is 2.04 bits per heavy atom. The second-order valence-corrected chi connectivity index (χ2v) is 6.48. The number of fused-ring (bicyclic) bond motifs is 1. The molecule has 0 radical (unpaired) electrons. The Balaban J connectivity index is 1.69. The van der Waals surface area contributed by atoms with Crippen LogP contribution in [0.4, 0.5) is 4.39 Å². The molecule has 2 aliphatic rings. The van der Waals surface area contributed by atoms with Gasteiger partial charge in [0.2, 0.25) is 0 Å². The van der Waals surface area contributed by atoms with Crippen molar-refractivity contribution in [3.05, 3.63) is 71.3 Å². The van der Waals surface area contributed by atoms with E-state index in [-0.39, 0.29) is 36.1 Å². The van der Waals surface area contributed by atoms with Crippen molar-refractivity contribution in [2.75, 3.05) is 6.54 Å². The average Bonchev–Trinajstić information content (AvgIpc) is 2.95. The molecule has 0 aromatic heterocycles. The Kier molecular flexibility index (Phi) is 3.87. The van der Waals surface area contributed by atoms with Crippen molar-refractivity contribution in [3.8, 4) is 0 Å². The van der Waals surface area contributed by atoms with Crippen molar-refractivity contribution in [2.24, 2.45) is 0 Å². The van der Waals surface area contributed by atoms with Gasteiger partial charge in [0, 0.05) is 18.5 Å². The van der Waals surface area contributed by atoms with Crippen LogP contribution in [0.1, 0.15) is 43.9 Å². The lowest BCUT2D eigenvalue weighted by Gasteiger charge is -2.39. The molecule has 0 aliphatic carbocycles. The third-order valence-corrected chi connectivity index (χ3v) is 4.88. The molecule has 2 heterocycles. The van der Waals surface area contributed by atoms with Crippen LogP contribution in [-0.4, -0.2) is 45.8 Å². The zero-order chi connectivity index (χ0) is 19.2. The van der Waals surface area contributed by atoms with E-state index < -0.39 is 29.4 Å². The van der Waals surface area contributed by atoms with Gasteiger partial charge in [0.05, 0.1) is 11.1 Å². The Bertz CT molecular complexity index is 940. The van der Waals surface area contributed by atoms with E-state index in [1.54, 1.807) is 30.3 Å². The summed E-state index contributed by atoms with van der Waals surface area (Å²) in [6.45, 7) is 0.0292. The monoisotopic (exact) mass is 366 g/mol. The number of amides is 4. The van der Waals surface area contributed by atoms with E-state index >= 15 is 4.39 Å². The SMILES string of the molecule is O=C(c1ccccc1)N1CCC[C@@](F)(N2C(=O)c3ccccc3C2=O)C1=O. The normalized spacial score (nSPS) is 22.2. The number of rotatable bonds is 2. The Labute approximate surface area is 154 Å². The van der Waals surface area contributed by atoms with Gasteiger partial charge in [-0.05, 0) is 30.7 Å². The van der Waals surface area contributed by atoms with Crippen LogP contribution in [0.25, 0.3) is 0 Å². The topological polar surface area (TPSA) is 74.8 Å². The highest BCUT2D eigenvalue weighted by Gasteiger charge is 2.58. The minimum atomic E-state index is -2.88. The van der Waals surface area contributed by atoms with Crippen LogP contribution in [0.3, 0.4) is 0 Å². The molecule has 1 atom stereocenters. The van der Waals surface area contributed by atoms with Crippen molar-refractivity contribution in [3.63, 3.8) is 0 Å². The van der Waals surface area contributed by atoms with Crippen LogP contribution in [0.5, 0.6) is 0 Å². The molecule has 1 fully saturated rings. The maximum atomic E-state index is 15.8. The molecule has 0 spiro atoms. The zero-order valence-electron chi connectivity index (χ0n) is 14.2. The Hall–Kier alpha value is -3.35. The van der Waals surface area contributed by atoms with Gasteiger partial charge in [0.1, 0.15) is 0 Å². The third-order valence-electron chi connectivity index (χ3n) is 4.88. The van der Waals surface area contributed by atoms with E-state index in [1.165, 1.54) is 24.3 Å². The standard InChI is InChI=1S/C20H15FN2O4/c21-20(23-17(25)14-9-4-5-10-15(14)18(23)26)11-6-12-22(19(20)27)16(24)13-7-2-1-3-8-13/h1-5,7-10H,6,11-12H2/t20-/m1/s1. The van der Waals surface area contributed by atoms with Crippen LogP contribution in [0.15, 0.2) is 54.6 Å². The minimum absolute atomic E-state index is 0.0292. The number of piperidine rings is 1. The number of alkyl halides is 1. The van der Waals surface area contributed by atoms with Crippen LogP contribution in [0.2, 0.25) is 0 Å². The molecular formula is C20H15FN2O4. The summed E-state index contributed by atoms with van der Waals surface area (Å²) < 4.78 is 15.8. The van der Waals surface area contributed by atoms with Crippen molar-refractivity contribution >= 4 is 23.6 Å². The van der Waals surface area contributed by atoms with E-state index in [0.29, 0.717) is 4.90 Å². The largest absolute Gasteiger partial charge is 0.288 e. The smallest absolute Gasteiger partial charge is 0.274 e. The summed E-state index contributed by atoms with van der Waals surface area (Å²) in [4.78, 5) is 51.9. The molecule has 0 bridgehead atoms. The van der Waals surface area contributed by atoms with E-state index in [0.717, 1.165) is 4.90 Å². The average molecular weight is 366 g/mol. The number of halogens is 1. The van der Waals surface area contributed by atoms with Gasteiger partial charge in [-0.1, -0.05) is 30.3 Å². The number of hydrogen-bond acceptors (Lipinski definition) is 4. The number of hydrogen-bond donors (Lipinski definition) is 0. The number of carbonyl (C=O) groups is 4. The summed E-state index contributed by atoms with van der Waals surface area (Å²) >= 11 is 0. The molecule has 2 aliphatic heterocycles. The van der Waals surface area contributed by atoms with Gasteiger partial charge in [0.15, 0.2) is 0 Å². The molecule has 0 saturated carbocycles. The highest BCUT2D eigenvalue weighted by molar-refractivity contribution is 6.24. The molecule has 0 N–H and O–H groups in total. The van der Waals surface area contributed by atoms with Crippen molar-refractivity contribution < 1.29 is 23.6 Å². The number of imide groups is 2. The fourth-order valence-corrected chi connectivity index (χ4v) is 3.54. The molecule has 0 unspecified atom stereocenters. The van der Waals surface area contributed by atoms with Gasteiger partial charge in [0.25, 0.3) is 29.4 Å². The number of nitrogens with zero attached hydrogens (tertiary/aromatic N) is 2. The van der Waals surface area contributed by atoms with E-state index in [4.69, 9.17) is 0 Å². The van der Waals surface area contributed by atoms with E-state index in [2.05, 4.69) is 0 Å². The first-order chi connectivity index (χ1) is 12.9. The van der Waals surface area contributed by atoms with Crippen molar-refractivity contribution in [1.82, 2.24) is 9.80 Å². The molecule has 6 nitrogen and oxygen atoms in total. The summed E-state index contributed by atoms with van der Waals surface area (Å²) in [6.07, 6.45) is -0.190. The van der Waals surface area contributed by atoms with Crippen molar-refractivity contribution in [2.45, 2.75) is 18.6 Å². The molecule has 7 heteroatoms. The summed E-state index contributed by atoms with van der Waals surface area (Å²) in [5.41, 5.74) is 0.343. The van der Waals surface area contributed by atoms with E-state index in [9.17, 15) is 19.2 Å². The fraction of sp³-hybridized carbons (Fsp3) is 0.200. The van der Waals surface area contributed by atoms with Gasteiger partial charge in [-0.15, -0.1) is 0 Å². The second-order valence-electron chi connectivity index (χ2n) is 6.48. The lowest BCUT2D eigenvalue weighted by molar-refractivity contribution is -0.155. The predicted octanol–water partition coefficient (Wildman–Crippen LogP) is 2.41. The molecule has 136 valence electrons. The molecule has 4 rings (SSSR count). The first-order valence-electron chi connectivity index (χ1n) is 8.53. The van der Waals surface area contributed by atoms with Crippen molar-refractivity contribution in [1.29, 1.82) is 0 Å². The van der Waals surface area contributed by atoms with E-state index in [1.807, 2.05) is 0 Å². The Morgan fingerprint density at radius 2 is 1.44 bits per heavy atom. The molecular weight excluding hydrogens is 351 g/mol. The lowest BCUT2D eigenvalue weighted by Crippen LogP contribution is -2.62. The van der Waals surface area contributed by atoms with Crippen LogP contribution < -0.4 is 0 Å². The zero-order valence-corrected chi connectivity index (χ0v) is 14.2. The highest BCUT2D eigenvalue weighted by Crippen LogP contribution is 2.37. The van der Waals surface area contributed by atoms with Crippen LogP contribution in [0, 0.1) is 0 Å². The predicted molar refractivity (Wildman–Crippen MR) is 92.5 cm³/mol. The number of likely N-dealkylation sites (tertiary alicyclic amines) is 1. The summed E-state index contributed by atoms with van der Waals surface area (Å²) in [5, 5.41) is 0. The summed E-state index contributed by atoms with van der Waals surface area (Å²) in [7, 11) is 0. The molecule has 1 saturated heterocycles. The molecule has 2 aromatic carbocycles.